The van der Waals surface area contributed by atoms with Crippen LogP contribution in [0, 0.1) is 0 Å². The number of benzene rings is 3. The first-order valence-corrected chi connectivity index (χ1v) is 9.84. The molecule has 0 bridgehead atoms. The molecule has 0 amide bonds. The number of methoxy groups -OCH3 is 1. The summed E-state index contributed by atoms with van der Waals surface area (Å²) < 4.78 is 6.67. The van der Waals surface area contributed by atoms with Gasteiger partial charge < -0.3 is 4.74 Å². The maximum absolute atomic E-state index is 6.24. The van der Waals surface area contributed by atoms with Crippen molar-refractivity contribution in [1.29, 1.82) is 0 Å². The Morgan fingerprint density at radius 2 is 1.81 bits per heavy atom. The number of halogens is 2. The fourth-order valence-electron chi connectivity index (χ4n) is 3.37. The van der Waals surface area contributed by atoms with Crippen LogP contribution in [0.2, 0.25) is 5.02 Å². The van der Waals surface area contributed by atoms with Gasteiger partial charge in [-0.2, -0.15) is 5.10 Å². The molecule has 0 spiro atoms. The van der Waals surface area contributed by atoms with Gasteiger partial charge in [0.05, 0.1) is 24.6 Å². The molecule has 1 unspecified atom stereocenters. The minimum absolute atomic E-state index is 0.0401. The molecular weight excluding hydrogens is 424 g/mol. The third-order valence-electron chi connectivity index (χ3n) is 4.66. The third kappa shape index (κ3) is 3.73. The van der Waals surface area contributed by atoms with Crippen molar-refractivity contribution in [2.75, 3.05) is 12.1 Å². The highest BCUT2D eigenvalue weighted by Crippen LogP contribution is 2.40. The van der Waals surface area contributed by atoms with Crippen LogP contribution in [0.5, 0.6) is 5.75 Å². The molecule has 136 valence electrons. The lowest BCUT2D eigenvalue weighted by Crippen LogP contribution is -2.19. The molecule has 1 heterocycles. The minimum atomic E-state index is 0.0401. The van der Waals surface area contributed by atoms with Crippen LogP contribution in [0.15, 0.2) is 82.4 Å². The van der Waals surface area contributed by atoms with Crippen LogP contribution in [-0.4, -0.2) is 12.8 Å². The smallest absolute Gasteiger partial charge is 0.124 e. The van der Waals surface area contributed by atoms with E-state index in [0.29, 0.717) is 5.02 Å². The SMILES string of the molecule is COc1ccccc1C1CC(c2ccc(Br)cc2)=NN1c1cccc(Cl)c1. The number of hydrogen-bond acceptors (Lipinski definition) is 3. The van der Waals surface area contributed by atoms with Crippen molar-refractivity contribution in [1.82, 2.24) is 0 Å². The molecule has 0 aliphatic carbocycles. The van der Waals surface area contributed by atoms with Gasteiger partial charge >= 0.3 is 0 Å². The van der Waals surface area contributed by atoms with Crippen LogP contribution >= 0.6 is 27.5 Å². The van der Waals surface area contributed by atoms with E-state index in [-0.39, 0.29) is 6.04 Å². The summed E-state index contributed by atoms with van der Waals surface area (Å²) in [5.74, 6) is 0.863. The lowest BCUT2D eigenvalue weighted by atomic mass is 9.97. The summed E-state index contributed by atoms with van der Waals surface area (Å²) in [6.07, 6.45) is 0.786. The highest BCUT2D eigenvalue weighted by molar-refractivity contribution is 9.10. The van der Waals surface area contributed by atoms with Gasteiger partial charge in [0.15, 0.2) is 0 Å². The molecule has 0 saturated heterocycles. The number of hydrogen-bond donors (Lipinski definition) is 0. The molecule has 1 aliphatic heterocycles. The number of nitrogens with zero attached hydrogens (tertiary/aromatic N) is 2. The van der Waals surface area contributed by atoms with Crippen molar-refractivity contribution in [3.05, 3.63) is 93.4 Å². The Hall–Kier alpha value is -2.30. The first-order valence-electron chi connectivity index (χ1n) is 8.67. The van der Waals surface area contributed by atoms with E-state index in [9.17, 15) is 0 Å². The van der Waals surface area contributed by atoms with E-state index in [2.05, 4.69) is 34.1 Å². The van der Waals surface area contributed by atoms with Gasteiger partial charge in [0.25, 0.3) is 0 Å². The fraction of sp³-hybridized carbons (Fsp3) is 0.136. The molecule has 3 nitrogen and oxygen atoms in total. The van der Waals surface area contributed by atoms with Crippen LogP contribution in [0.25, 0.3) is 0 Å². The Kier molecular flexibility index (Phi) is 5.19. The van der Waals surface area contributed by atoms with Crippen molar-refractivity contribution in [2.45, 2.75) is 12.5 Å². The molecule has 0 saturated carbocycles. The first-order chi connectivity index (χ1) is 13.2. The van der Waals surface area contributed by atoms with Gasteiger partial charge in [-0.25, -0.2) is 0 Å². The van der Waals surface area contributed by atoms with Crippen molar-refractivity contribution in [3.8, 4) is 5.75 Å². The Balaban J connectivity index is 1.79. The fourth-order valence-corrected chi connectivity index (χ4v) is 3.82. The maximum Gasteiger partial charge on any atom is 0.124 e. The zero-order chi connectivity index (χ0) is 18.8. The van der Waals surface area contributed by atoms with Gasteiger partial charge in [-0.3, -0.25) is 5.01 Å². The number of para-hydroxylation sites is 1. The Morgan fingerprint density at radius 3 is 2.56 bits per heavy atom. The first kappa shape index (κ1) is 18.1. The number of ether oxygens (including phenoxy) is 1. The molecule has 4 rings (SSSR count). The Labute approximate surface area is 172 Å². The van der Waals surface area contributed by atoms with Crippen molar-refractivity contribution < 1.29 is 4.74 Å². The Bertz CT molecular complexity index is 988. The monoisotopic (exact) mass is 440 g/mol. The van der Waals surface area contributed by atoms with E-state index in [4.69, 9.17) is 21.4 Å². The molecule has 3 aromatic carbocycles. The maximum atomic E-state index is 6.24. The van der Waals surface area contributed by atoms with E-state index in [0.717, 1.165) is 39.2 Å². The summed E-state index contributed by atoms with van der Waals surface area (Å²) in [7, 11) is 1.70. The van der Waals surface area contributed by atoms with E-state index < -0.39 is 0 Å². The summed E-state index contributed by atoms with van der Waals surface area (Å²) in [6.45, 7) is 0. The second kappa shape index (κ2) is 7.75. The van der Waals surface area contributed by atoms with Gasteiger partial charge in [0.1, 0.15) is 5.75 Å². The number of anilines is 1. The summed E-state index contributed by atoms with van der Waals surface area (Å²) in [5, 5.41) is 7.69. The van der Waals surface area contributed by atoms with E-state index in [1.54, 1.807) is 7.11 Å². The highest BCUT2D eigenvalue weighted by atomic mass is 79.9. The van der Waals surface area contributed by atoms with Crippen molar-refractivity contribution >= 4 is 38.9 Å². The summed E-state index contributed by atoms with van der Waals surface area (Å²) in [4.78, 5) is 0. The lowest BCUT2D eigenvalue weighted by Gasteiger charge is -2.25. The highest BCUT2D eigenvalue weighted by Gasteiger charge is 2.31. The second-order valence-electron chi connectivity index (χ2n) is 6.34. The number of hydrazone groups is 1. The second-order valence-corrected chi connectivity index (χ2v) is 7.69. The number of rotatable bonds is 4. The average molecular weight is 442 g/mol. The quantitative estimate of drug-likeness (QED) is 0.464. The molecule has 3 aromatic rings. The van der Waals surface area contributed by atoms with Crippen molar-refractivity contribution in [2.24, 2.45) is 5.10 Å². The molecule has 27 heavy (non-hydrogen) atoms. The van der Waals surface area contributed by atoms with Crippen LogP contribution in [0.3, 0.4) is 0 Å². The zero-order valence-electron chi connectivity index (χ0n) is 14.8. The normalized spacial score (nSPS) is 16.3. The largest absolute Gasteiger partial charge is 0.496 e. The van der Waals surface area contributed by atoms with Crippen LogP contribution in [-0.2, 0) is 0 Å². The molecule has 0 fully saturated rings. The van der Waals surface area contributed by atoms with E-state index in [1.165, 1.54) is 0 Å². The minimum Gasteiger partial charge on any atom is -0.496 e. The predicted octanol–water partition coefficient (Wildman–Crippen LogP) is 6.47. The standard InChI is InChI=1S/C22H18BrClN2O/c1-27-22-8-3-2-7-19(22)21-14-20(15-9-11-16(23)12-10-15)25-26(21)18-6-4-5-17(24)13-18/h2-13,21H,14H2,1H3. The predicted molar refractivity (Wildman–Crippen MR) is 115 cm³/mol. The molecule has 1 aliphatic rings. The van der Waals surface area contributed by atoms with Crippen molar-refractivity contribution in [3.63, 3.8) is 0 Å². The molecular formula is C22H18BrClN2O. The lowest BCUT2D eigenvalue weighted by molar-refractivity contribution is 0.405. The van der Waals surface area contributed by atoms with Gasteiger partial charge in [0.2, 0.25) is 0 Å². The molecule has 0 N–H and O–H groups in total. The van der Waals surface area contributed by atoms with E-state index >= 15 is 0 Å². The van der Waals surface area contributed by atoms with Crippen LogP contribution in [0.1, 0.15) is 23.6 Å². The molecule has 5 heteroatoms. The van der Waals surface area contributed by atoms with E-state index in [1.807, 2.05) is 59.6 Å². The molecule has 0 radical (unpaired) electrons. The summed E-state index contributed by atoms with van der Waals surface area (Å²) >= 11 is 9.74. The topological polar surface area (TPSA) is 24.8 Å². The summed E-state index contributed by atoms with van der Waals surface area (Å²) in [5.41, 5.74) is 4.22. The van der Waals surface area contributed by atoms with Gasteiger partial charge in [0, 0.05) is 21.5 Å². The summed E-state index contributed by atoms with van der Waals surface area (Å²) in [6, 6.07) is 24.2. The molecule has 0 aromatic heterocycles. The van der Waals surface area contributed by atoms with Gasteiger partial charge in [-0.15, -0.1) is 0 Å². The van der Waals surface area contributed by atoms with Crippen LogP contribution < -0.4 is 9.75 Å². The third-order valence-corrected chi connectivity index (χ3v) is 5.42. The molecule has 1 atom stereocenters. The van der Waals surface area contributed by atoms with Gasteiger partial charge in [-0.05, 0) is 42.0 Å². The van der Waals surface area contributed by atoms with Crippen LogP contribution in [0.4, 0.5) is 5.69 Å². The Morgan fingerprint density at radius 1 is 1.04 bits per heavy atom. The van der Waals surface area contributed by atoms with Gasteiger partial charge in [-0.1, -0.05) is 63.9 Å². The average Bonchev–Trinajstić information content (AvgIpc) is 3.14. The zero-order valence-corrected chi connectivity index (χ0v) is 17.1.